The van der Waals surface area contributed by atoms with Gasteiger partial charge in [-0.3, -0.25) is 4.79 Å². The average molecular weight is 565 g/mol. The van der Waals surface area contributed by atoms with E-state index < -0.39 is 23.1 Å². The first-order valence-corrected chi connectivity index (χ1v) is 13.7. The Balaban J connectivity index is 1.89. The maximum atomic E-state index is 14.8. The number of carbonyl (C=O) groups excluding carboxylic acids is 1. The molecule has 0 aliphatic heterocycles. The molecular weight excluding hydrogens is 530 g/mol. The summed E-state index contributed by atoms with van der Waals surface area (Å²) in [6, 6.07) is 17.9. The topological polar surface area (TPSA) is 64.2 Å². The second-order valence-corrected chi connectivity index (χ2v) is 11.6. The number of amides is 1. The number of hydrogen-bond donors (Lipinski definition) is 1. The van der Waals surface area contributed by atoms with Crippen molar-refractivity contribution < 1.29 is 13.6 Å². The minimum Gasteiger partial charge on any atom is -0.330 e. The zero-order valence-corrected chi connectivity index (χ0v) is 24.1. The quantitative estimate of drug-likeness (QED) is 0.230. The van der Waals surface area contributed by atoms with Crippen molar-refractivity contribution in [1.29, 1.82) is 0 Å². The third-order valence-corrected chi connectivity index (χ3v) is 7.06. The minimum absolute atomic E-state index is 0.102. The van der Waals surface area contributed by atoms with Crippen LogP contribution in [0.15, 0.2) is 72.9 Å². The molecule has 3 aromatic carbocycles. The maximum absolute atomic E-state index is 14.8. The Morgan fingerprint density at radius 1 is 1.07 bits per heavy atom. The summed E-state index contributed by atoms with van der Waals surface area (Å²) >= 11 is 6.29. The van der Waals surface area contributed by atoms with Gasteiger partial charge in [0.1, 0.15) is 17.5 Å². The van der Waals surface area contributed by atoms with Crippen LogP contribution in [-0.2, 0) is 6.54 Å². The first-order valence-electron chi connectivity index (χ1n) is 13.3. The molecule has 0 bridgehead atoms. The fourth-order valence-electron chi connectivity index (χ4n) is 4.86. The summed E-state index contributed by atoms with van der Waals surface area (Å²) in [5, 5.41) is 0.560. The van der Waals surface area contributed by atoms with Crippen molar-refractivity contribution in [2.45, 2.75) is 46.7 Å². The number of imidazole rings is 1. The van der Waals surface area contributed by atoms with E-state index in [9.17, 15) is 13.6 Å². The molecule has 1 aromatic heterocycles. The standard InChI is InChI=1S/C32H35ClF2N4O/c1-21-9-11-22(12-10-21)31(40)39(16-6-15-36)29(32(2,3)4)30-37-28(23-7-5-8-25(33)17-23)20-38(30)19-24-13-14-26(34)18-27(24)35/h5,7-14,17-18,20,29H,6,15-16,19,36H2,1-4H3. The predicted molar refractivity (Wildman–Crippen MR) is 156 cm³/mol. The highest BCUT2D eigenvalue weighted by atomic mass is 35.5. The lowest BCUT2D eigenvalue weighted by molar-refractivity contribution is 0.0482. The molecule has 210 valence electrons. The van der Waals surface area contributed by atoms with Crippen LogP contribution in [0.1, 0.15) is 60.5 Å². The zero-order chi connectivity index (χ0) is 29.0. The van der Waals surface area contributed by atoms with Crippen LogP contribution in [0.25, 0.3) is 11.3 Å². The first-order chi connectivity index (χ1) is 19.0. The van der Waals surface area contributed by atoms with Crippen molar-refractivity contribution in [2.24, 2.45) is 11.1 Å². The maximum Gasteiger partial charge on any atom is 0.254 e. The molecule has 2 N–H and O–H groups in total. The molecule has 8 heteroatoms. The van der Waals surface area contributed by atoms with Gasteiger partial charge >= 0.3 is 0 Å². The molecule has 1 unspecified atom stereocenters. The lowest BCUT2D eigenvalue weighted by Gasteiger charge is -2.40. The van der Waals surface area contributed by atoms with Crippen LogP contribution in [0.5, 0.6) is 0 Å². The highest BCUT2D eigenvalue weighted by Crippen LogP contribution is 2.40. The normalized spacial score (nSPS) is 12.4. The minimum atomic E-state index is -0.646. The number of nitrogens with zero attached hydrogens (tertiary/aromatic N) is 3. The predicted octanol–water partition coefficient (Wildman–Crippen LogP) is 7.42. The number of aryl methyl sites for hydroxylation is 1. The number of halogens is 3. The molecule has 4 aromatic rings. The summed E-state index contributed by atoms with van der Waals surface area (Å²) in [6.45, 7) is 9.05. The number of hydrogen-bond acceptors (Lipinski definition) is 3. The van der Waals surface area contributed by atoms with E-state index in [2.05, 4.69) is 0 Å². The molecule has 1 amide bonds. The van der Waals surface area contributed by atoms with E-state index in [1.165, 1.54) is 12.1 Å². The fraction of sp³-hybridized carbons (Fsp3) is 0.312. The first kappa shape index (κ1) is 29.4. The van der Waals surface area contributed by atoms with Crippen LogP contribution in [0.3, 0.4) is 0 Å². The van der Waals surface area contributed by atoms with Crippen LogP contribution in [0.4, 0.5) is 8.78 Å². The average Bonchev–Trinajstić information content (AvgIpc) is 3.30. The third-order valence-electron chi connectivity index (χ3n) is 6.82. The van der Waals surface area contributed by atoms with Crippen LogP contribution >= 0.6 is 11.6 Å². The third kappa shape index (κ3) is 6.77. The van der Waals surface area contributed by atoms with Gasteiger partial charge in [0.15, 0.2) is 0 Å². The monoisotopic (exact) mass is 564 g/mol. The number of nitrogens with two attached hydrogens (primary N) is 1. The summed E-state index contributed by atoms with van der Waals surface area (Å²) < 4.78 is 30.4. The molecule has 5 nitrogen and oxygen atoms in total. The molecule has 1 heterocycles. The Hall–Kier alpha value is -3.55. The van der Waals surface area contributed by atoms with Crippen LogP contribution in [-0.4, -0.2) is 33.4 Å². The van der Waals surface area contributed by atoms with Gasteiger partial charge in [0.2, 0.25) is 0 Å². The Morgan fingerprint density at radius 2 is 1.80 bits per heavy atom. The molecule has 4 rings (SSSR count). The van der Waals surface area contributed by atoms with Crippen molar-refractivity contribution in [3.05, 3.63) is 112 Å². The molecule has 0 saturated heterocycles. The van der Waals surface area contributed by atoms with Crippen LogP contribution in [0.2, 0.25) is 5.02 Å². The van der Waals surface area contributed by atoms with Crippen molar-refractivity contribution in [3.8, 4) is 11.3 Å². The van der Waals surface area contributed by atoms with E-state index in [1.54, 1.807) is 6.07 Å². The van der Waals surface area contributed by atoms with Gasteiger partial charge in [0.05, 0.1) is 18.3 Å². The summed E-state index contributed by atoms with van der Waals surface area (Å²) in [5.41, 5.74) is 8.78. The molecule has 0 saturated carbocycles. The lowest BCUT2D eigenvalue weighted by atomic mass is 9.84. The summed E-state index contributed by atoms with van der Waals surface area (Å²) in [6.07, 6.45) is 2.43. The Bertz CT molecular complexity index is 1480. The second-order valence-electron chi connectivity index (χ2n) is 11.1. The van der Waals surface area contributed by atoms with E-state index in [4.69, 9.17) is 22.3 Å². The number of rotatable bonds is 9. The van der Waals surface area contributed by atoms with Gasteiger partial charge in [-0.25, -0.2) is 13.8 Å². The molecule has 0 aliphatic carbocycles. The zero-order valence-electron chi connectivity index (χ0n) is 23.3. The Morgan fingerprint density at radius 3 is 2.42 bits per heavy atom. The van der Waals surface area contributed by atoms with Gasteiger partial charge in [-0.1, -0.05) is 68.3 Å². The van der Waals surface area contributed by atoms with Crippen molar-refractivity contribution >= 4 is 17.5 Å². The molecule has 0 fully saturated rings. The molecule has 1 atom stereocenters. The van der Waals surface area contributed by atoms with Gasteiger partial charge in [-0.05, 0) is 55.6 Å². The van der Waals surface area contributed by atoms with E-state index in [-0.39, 0.29) is 12.5 Å². The Labute approximate surface area is 239 Å². The van der Waals surface area contributed by atoms with Crippen molar-refractivity contribution in [1.82, 2.24) is 14.5 Å². The number of carbonyl (C=O) groups is 1. The van der Waals surface area contributed by atoms with Gasteiger partial charge in [0.25, 0.3) is 5.91 Å². The van der Waals surface area contributed by atoms with Gasteiger partial charge in [-0.15, -0.1) is 0 Å². The van der Waals surface area contributed by atoms with E-state index in [0.717, 1.165) is 17.2 Å². The van der Waals surface area contributed by atoms with E-state index >= 15 is 0 Å². The SMILES string of the molecule is Cc1ccc(C(=O)N(CCCN)C(c2nc(-c3cccc(Cl)c3)cn2Cc2ccc(F)cc2F)C(C)(C)C)cc1. The van der Waals surface area contributed by atoms with Gasteiger partial charge in [0, 0.05) is 40.5 Å². The summed E-state index contributed by atoms with van der Waals surface area (Å²) in [4.78, 5) is 20.9. The van der Waals surface area contributed by atoms with Crippen LogP contribution in [0, 0.1) is 24.0 Å². The highest BCUT2D eigenvalue weighted by Gasteiger charge is 2.38. The van der Waals surface area contributed by atoms with Gasteiger partial charge in [-0.2, -0.15) is 0 Å². The Kier molecular flexibility index (Phi) is 9.06. The van der Waals surface area contributed by atoms with E-state index in [0.29, 0.717) is 47.2 Å². The van der Waals surface area contributed by atoms with Gasteiger partial charge < -0.3 is 15.2 Å². The summed E-state index contributed by atoms with van der Waals surface area (Å²) in [7, 11) is 0. The molecule has 0 aliphatic rings. The summed E-state index contributed by atoms with van der Waals surface area (Å²) in [5.74, 6) is -0.841. The smallest absolute Gasteiger partial charge is 0.254 e. The largest absolute Gasteiger partial charge is 0.330 e. The van der Waals surface area contributed by atoms with Crippen molar-refractivity contribution in [2.75, 3.05) is 13.1 Å². The molecule has 0 spiro atoms. The lowest BCUT2D eigenvalue weighted by Crippen LogP contribution is -2.43. The second kappa shape index (κ2) is 12.3. The molecule has 0 radical (unpaired) electrons. The van der Waals surface area contributed by atoms with Crippen LogP contribution < -0.4 is 5.73 Å². The number of aromatic nitrogens is 2. The van der Waals surface area contributed by atoms with Crippen molar-refractivity contribution in [3.63, 3.8) is 0 Å². The number of benzene rings is 3. The fourth-order valence-corrected chi connectivity index (χ4v) is 5.05. The van der Waals surface area contributed by atoms with E-state index in [1.807, 2.05) is 85.8 Å². The highest BCUT2D eigenvalue weighted by molar-refractivity contribution is 6.30. The molecule has 40 heavy (non-hydrogen) atoms. The molecular formula is C32H35ClF2N4O.